The van der Waals surface area contributed by atoms with Crippen molar-refractivity contribution in [3.8, 4) is 11.5 Å². The molecule has 21 heavy (non-hydrogen) atoms. The highest BCUT2D eigenvalue weighted by Crippen LogP contribution is 2.29. The second-order valence-corrected chi connectivity index (χ2v) is 5.87. The molecule has 0 fully saturated rings. The van der Waals surface area contributed by atoms with Crippen LogP contribution in [-0.2, 0) is 6.42 Å². The number of benzene rings is 1. The average Bonchev–Trinajstić information content (AvgIpc) is 2.49. The summed E-state index contributed by atoms with van der Waals surface area (Å²) in [6, 6.07) is 5.54. The fourth-order valence-corrected chi connectivity index (χ4v) is 2.78. The molecule has 1 rings (SSSR count). The predicted molar refractivity (Wildman–Crippen MR) is 88.0 cm³/mol. The van der Waals surface area contributed by atoms with Crippen LogP contribution in [0.4, 0.5) is 0 Å². The van der Waals surface area contributed by atoms with Crippen LogP contribution >= 0.6 is 0 Å². The molecule has 0 radical (unpaired) electrons. The molecule has 0 aliphatic rings. The van der Waals surface area contributed by atoms with Crippen molar-refractivity contribution in [2.24, 2.45) is 5.73 Å². The van der Waals surface area contributed by atoms with Gasteiger partial charge in [0.1, 0.15) is 0 Å². The number of rotatable bonds is 9. The van der Waals surface area contributed by atoms with E-state index < -0.39 is 0 Å². The Bertz CT molecular complexity index is 431. The lowest BCUT2D eigenvalue weighted by Gasteiger charge is -2.41. The van der Waals surface area contributed by atoms with E-state index in [-0.39, 0.29) is 11.3 Å². The molecule has 0 spiro atoms. The average molecular weight is 294 g/mol. The van der Waals surface area contributed by atoms with Crippen molar-refractivity contribution in [1.29, 1.82) is 0 Å². The Morgan fingerprint density at radius 2 is 1.86 bits per heavy atom. The molecule has 0 aromatic heterocycles. The highest BCUT2D eigenvalue weighted by Gasteiger charge is 2.29. The molecule has 0 bridgehead atoms. The summed E-state index contributed by atoms with van der Waals surface area (Å²) in [7, 11) is 1.57. The maximum absolute atomic E-state index is 9.71. The van der Waals surface area contributed by atoms with Gasteiger partial charge in [-0.25, -0.2) is 0 Å². The van der Waals surface area contributed by atoms with Crippen LogP contribution in [0.3, 0.4) is 0 Å². The molecular weight excluding hydrogens is 264 g/mol. The SMILES string of the molecule is CCCN(CCC)C(C)(CN)Cc1ccc(O)c(OC)c1. The van der Waals surface area contributed by atoms with E-state index in [4.69, 9.17) is 10.5 Å². The summed E-state index contributed by atoms with van der Waals surface area (Å²) in [5.41, 5.74) is 7.15. The van der Waals surface area contributed by atoms with E-state index in [1.807, 2.05) is 12.1 Å². The maximum atomic E-state index is 9.71. The molecule has 3 N–H and O–H groups in total. The Hall–Kier alpha value is -1.26. The fraction of sp³-hybridized carbons (Fsp3) is 0.647. The first kappa shape index (κ1) is 17.8. The van der Waals surface area contributed by atoms with Gasteiger partial charge in [0.05, 0.1) is 7.11 Å². The van der Waals surface area contributed by atoms with Crippen LogP contribution < -0.4 is 10.5 Å². The van der Waals surface area contributed by atoms with Crippen LogP contribution in [0.1, 0.15) is 39.2 Å². The van der Waals surface area contributed by atoms with Crippen molar-refractivity contribution in [3.63, 3.8) is 0 Å². The molecule has 0 aliphatic carbocycles. The van der Waals surface area contributed by atoms with E-state index in [0.717, 1.165) is 37.9 Å². The molecule has 4 heteroatoms. The van der Waals surface area contributed by atoms with Crippen molar-refractivity contribution < 1.29 is 9.84 Å². The third-order valence-electron chi connectivity index (χ3n) is 4.02. The predicted octanol–water partition coefficient (Wildman–Crippen LogP) is 2.78. The van der Waals surface area contributed by atoms with Crippen LogP contribution in [-0.4, -0.2) is 42.3 Å². The molecule has 1 atom stereocenters. The molecule has 1 unspecified atom stereocenters. The summed E-state index contributed by atoms with van der Waals surface area (Å²) < 4.78 is 5.19. The Morgan fingerprint density at radius 3 is 2.33 bits per heavy atom. The molecule has 120 valence electrons. The van der Waals surface area contributed by atoms with Crippen LogP contribution in [0.15, 0.2) is 18.2 Å². The third kappa shape index (κ3) is 4.61. The first-order chi connectivity index (χ1) is 10.0. The van der Waals surface area contributed by atoms with Gasteiger partial charge >= 0.3 is 0 Å². The zero-order valence-electron chi connectivity index (χ0n) is 13.9. The standard InChI is InChI=1S/C17H30N2O2/c1-5-9-19(10-6-2)17(3,13-18)12-14-7-8-15(20)16(11-14)21-4/h7-8,11,20H,5-6,9-10,12-13,18H2,1-4H3. The summed E-state index contributed by atoms with van der Waals surface area (Å²) in [6.07, 6.45) is 3.09. The number of nitrogens with zero attached hydrogens (tertiary/aromatic N) is 1. The number of ether oxygens (including phenoxy) is 1. The summed E-state index contributed by atoms with van der Waals surface area (Å²) >= 11 is 0. The molecule has 0 aliphatic heterocycles. The van der Waals surface area contributed by atoms with Crippen molar-refractivity contribution in [3.05, 3.63) is 23.8 Å². The van der Waals surface area contributed by atoms with Gasteiger partial charge in [0.25, 0.3) is 0 Å². The molecule has 1 aromatic carbocycles. The summed E-state index contributed by atoms with van der Waals surface area (Å²) in [4.78, 5) is 2.48. The van der Waals surface area contributed by atoms with Gasteiger partial charge in [-0.2, -0.15) is 0 Å². The van der Waals surface area contributed by atoms with E-state index in [1.165, 1.54) is 0 Å². The topological polar surface area (TPSA) is 58.7 Å². The van der Waals surface area contributed by atoms with E-state index in [2.05, 4.69) is 25.7 Å². The second kappa shape index (κ2) is 8.25. The van der Waals surface area contributed by atoms with Gasteiger partial charge in [-0.15, -0.1) is 0 Å². The molecule has 0 saturated carbocycles. The molecule has 0 amide bonds. The zero-order valence-corrected chi connectivity index (χ0v) is 13.9. The van der Waals surface area contributed by atoms with Crippen molar-refractivity contribution in [2.45, 2.75) is 45.6 Å². The molecule has 0 saturated heterocycles. The van der Waals surface area contributed by atoms with Gasteiger partial charge in [0.15, 0.2) is 11.5 Å². The zero-order chi connectivity index (χ0) is 15.9. The largest absolute Gasteiger partial charge is 0.504 e. The normalized spacial score (nSPS) is 14.2. The van der Waals surface area contributed by atoms with E-state index in [1.54, 1.807) is 13.2 Å². The fourth-order valence-electron chi connectivity index (χ4n) is 2.78. The van der Waals surface area contributed by atoms with Crippen molar-refractivity contribution in [2.75, 3.05) is 26.7 Å². The Balaban J connectivity index is 2.97. The highest BCUT2D eigenvalue weighted by molar-refractivity contribution is 5.42. The lowest BCUT2D eigenvalue weighted by Crippen LogP contribution is -2.53. The Morgan fingerprint density at radius 1 is 1.24 bits per heavy atom. The molecule has 4 nitrogen and oxygen atoms in total. The number of hydrogen-bond donors (Lipinski definition) is 2. The number of hydrogen-bond acceptors (Lipinski definition) is 4. The van der Waals surface area contributed by atoms with Crippen LogP contribution in [0.25, 0.3) is 0 Å². The highest BCUT2D eigenvalue weighted by atomic mass is 16.5. The molecular formula is C17H30N2O2. The summed E-state index contributed by atoms with van der Waals surface area (Å²) in [5.74, 6) is 0.694. The van der Waals surface area contributed by atoms with Gasteiger partial charge in [-0.3, -0.25) is 4.90 Å². The quantitative estimate of drug-likeness (QED) is 0.735. The Kier molecular flexibility index (Phi) is 6.99. The van der Waals surface area contributed by atoms with Crippen LogP contribution in [0.5, 0.6) is 11.5 Å². The number of methoxy groups -OCH3 is 1. The monoisotopic (exact) mass is 294 g/mol. The first-order valence-electron chi connectivity index (χ1n) is 7.81. The summed E-state index contributed by atoms with van der Waals surface area (Å²) in [5, 5.41) is 9.71. The van der Waals surface area contributed by atoms with E-state index in [9.17, 15) is 5.11 Å². The van der Waals surface area contributed by atoms with Gasteiger partial charge in [-0.05, 0) is 57.0 Å². The van der Waals surface area contributed by atoms with Crippen molar-refractivity contribution in [1.82, 2.24) is 4.90 Å². The smallest absolute Gasteiger partial charge is 0.160 e. The summed E-state index contributed by atoms with van der Waals surface area (Å²) in [6.45, 7) is 9.33. The molecule has 1 aromatic rings. The van der Waals surface area contributed by atoms with Crippen molar-refractivity contribution >= 4 is 0 Å². The minimum Gasteiger partial charge on any atom is -0.504 e. The number of phenols is 1. The second-order valence-electron chi connectivity index (χ2n) is 5.87. The van der Waals surface area contributed by atoms with E-state index >= 15 is 0 Å². The lowest BCUT2D eigenvalue weighted by atomic mass is 9.90. The molecule has 0 heterocycles. The third-order valence-corrected chi connectivity index (χ3v) is 4.02. The van der Waals surface area contributed by atoms with Crippen LogP contribution in [0, 0.1) is 0 Å². The number of nitrogens with two attached hydrogens (primary N) is 1. The number of aromatic hydroxyl groups is 1. The van der Waals surface area contributed by atoms with Gasteiger partial charge in [0, 0.05) is 12.1 Å². The van der Waals surface area contributed by atoms with E-state index in [0.29, 0.717) is 12.3 Å². The van der Waals surface area contributed by atoms with Crippen LogP contribution in [0.2, 0.25) is 0 Å². The number of phenolic OH excluding ortho intramolecular Hbond substituents is 1. The lowest BCUT2D eigenvalue weighted by molar-refractivity contribution is 0.109. The van der Waals surface area contributed by atoms with Gasteiger partial charge < -0.3 is 15.6 Å². The van der Waals surface area contributed by atoms with Gasteiger partial charge in [0.2, 0.25) is 0 Å². The first-order valence-corrected chi connectivity index (χ1v) is 7.81. The Labute approximate surface area is 128 Å². The minimum absolute atomic E-state index is 0.0754. The maximum Gasteiger partial charge on any atom is 0.160 e. The minimum atomic E-state index is -0.0754. The van der Waals surface area contributed by atoms with Gasteiger partial charge in [-0.1, -0.05) is 19.9 Å².